The first-order chi connectivity index (χ1) is 14.7. The molecule has 0 radical (unpaired) electrons. The van der Waals surface area contributed by atoms with E-state index >= 15 is 0 Å². The fraction of sp³-hybridized carbons (Fsp3) is 0.714. The number of nitrogens with zero attached hydrogens (tertiary/aromatic N) is 1. The average Bonchev–Trinajstić information content (AvgIpc) is 3.43. The number of hydrogen-bond donors (Lipinski definition) is 3. The van der Waals surface area contributed by atoms with Gasteiger partial charge in [-0.25, -0.2) is 0 Å². The van der Waals surface area contributed by atoms with Crippen LogP contribution in [0.1, 0.15) is 43.4 Å². The second-order valence-electron chi connectivity index (χ2n) is 8.42. The van der Waals surface area contributed by atoms with E-state index in [1.54, 1.807) is 0 Å². The third kappa shape index (κ3) is 5.98. The minimum atomic E-state index is -4.25. The third-order valence-corrected chi connectivity index (χ3v) is 7.31. The Bertz CT molecular complexity index is 743. The minimum absolute atomic E-state index is 0.0280. The van der Waals surface area contributed by atoms with Crippen molar-refractivity contribution in [2.45, 2.75) is 69.4 Å². The average molecular weight is 463 g/mol. The molecule has 10 heteroatoms. The van der Waals surface area contributed by atoms with Gasteiger partial charge >= 0.3 is 6.18 Å². The van der Waals surface area contributed by atoms with Crippen molar-refractivity contribution >= 4 is 23.2 Å². The Balaban J connectivity index is 1.55. The van der Waals surface area contributed by atoms with Crippen LogP contribution in [-0.2, 0) is 16.0 Å². The Morgan fingerprint density at radius 3 is 2.65 bits per heavy atom. The van der Waals surface area contributed by atoms with E-state index in [2.05, 4.69) is 5.32 Å². The van der Waals surface area contributed by atoms with Crippen LogP contribution in [0.2, 0.25) is 0 Å². The van der Waals surface area contributed by atoms with Crippen LogP contribution in [0.4, 0.5) is 13.2 Å². The molecule has 1 aliphatic carbocycles. The number of carbonyl (C=O) groups is 2. The molecule has 1 saturated heterocycles. The fourth-order valence-electron chi connectivity index (χ4n) is 4.75. The predicted octanol–water partition coefficient (Wildman–Crippen LogP) is 2.49. The number of carbonyl (C=O) groups excluding carboxylic acids is 2. The van der Waals surface area contributed by atoms with Crippen molar-refractivity contribution < 1.29 is 33.0 Å². The van der Waals surface area contributed by atoms with Crippen LogP contribution in [0.15, 0.2) is 17.5 Å². The van der Waals surface area contributed by atoms with Crippen molar-refractivity contribution in [2.24, 2.45) is 11.8 Å². The topological polar surface area (TPSA) is 89.9 Å². The zero-order valence-electron chi connectivity index (χ0n) is 17.2. The second-order valence-corrected chi connectivity index (χ2v) is 9.45. The summed E-state index contributed by atoms with van der Waals surface area (Å²) in [5, 5.41) is 24.9. The van der Waals surface area contributed by atoms with E-state index in [1.807, 2.05) is 17.5 Å². The monoisotopic (exact) mass is 462 g/mol. The highest BCUT2D eigenvalue weighted by Gasteiger charge is 2.46. The number of aliphatic hydroxyl groups excluding tert-OH is 2. The third-order valence-electron chi connectivity index (χ3n) is 6.38. The lowest BCUT2D eigenvalue weighted by Crippen LogP contribution is -2.53. The number of alkyl halides is 3. The van der Waals surface area contributed by atoms with Gasteiger partial charge in [0.05, 0.1) is 5.92 Å². The van der Waals surface area contributed by atoms with Crippen LogP contribution in [-0.4, -0.2) is 64.4 Å². The minimum Gasteiger partial charge on any atom is -0.380 e. The van der Waals surface area contributed by atoms with E-state index < -0.39 is 42.2 Å². The van der Waals surface area contributed by atoms with Gasteiger partial charge in [0, 0.05) is 24.0 Å². The zero-order chi connectivity index (χ0) is 22.6. The smallest absolute Gasteiger partial charge is 0.380 e. The van der Waals surface area contributed by atoms with Gasteiger partial charge in [0.15, 0.2) is 12.2 Å². The Kier molecular flexibility index (Phi) is 7.98. The van der Waals surface area contributed by atoms with Gasteiger partial charge in [-0.3, -0.25) is 9.59 Å². The molecule has 1 aliphatic heterocycles. The van der Waals surface area contributed by atoms with Gasteiger partial charge in [0.1, 0.15) is 0 Å². The summed E-state index contributed by atoms with van der Waals surface area (Å²) in [5.74, 6) is -3.30. The molecule has 0 spiro atoms. The lowest BCUT2D eigenvalue weighted by molar-refractivity contribution is -0.187. The number of aliphatic hydroxyl groups is 2. The van der Waals surface area contributed by atoms with E-state index in [9.17, 15) is 33.0 Å². The number of halogens is 3. The highest BCUT2D eigenvalue weighted by molar-refractivity contribution is 7.09. The molecule has 1 saturated carbocycles. The maximum Gasteiger partial charge on any atom is 0.391 e. The molecular weight excluding hydrogens is 433 g/mol. The summed E-state index contributed by atoms with van der Waals surface area (Å²) in [4.78, 5) is 27.4. The van der Waals surface area contributed by atoms with E-state index in [4.69, 9.17) is 0 Å². The van der Waals surface area contributed by atoms with E-state index in [-0.39, 0.29) is 25.3 Å². The molecule has 5 atom stereocenters. The van der Waals surface area contributed by atoms with Crippen LogP contribution in [0, 0.1) is 11.8 Å². The van der Waals surface area contributed by atoms with Gasteiger partial charge in [-0.1, -0.05) is 12.5 Å². The second kappa shape index (κ2) is 10.3. The van der Waals surface area contributed by atoms with E-state index in [1.165, 1.54) is 16.2 Å². The molecule has 3 rings (SSSR count). The highest BCUT2D eigenvalue weighted by atomic mass is 32.1. The molecular formula is C21H29F3N2O4S. The van der Waals surface area contributed by atoms with Crippen molar-refractivity contribution in [3.63, 3.8) is 0 Å². The van der Waals surface area contributed by atoms with Crippen LogP contribution < -0.4 is 5.32 Å². The van der Waals surface area contributed by atoms with E-state index in [0.29, 0.717) is 38.6 Å². The molecule has 2 fully saturated rings. The molecule has 2 aliphatic rings. The Morgan fingerprint density at radius 1 is 1.19 bits per heavy atom. The zero-order valence-corrected chi connectivity index (χ0v) is 18.0. The molecule has 1 aromatic rings. The fourth-order valence-corrected chi connectivity index (χ4v) is 5.46. The van der Waals surface area contributed by atoms with Gasteiger partial charge < -0.3 is 20.4 Å². The molecule has 0 aromatic carbocycles. The number of nitrogens with one attached hydrogen (secondary N) is 1. The molecule has 2 heterocycles. The van der Waals surface area contributed by atoms with Crippen molar-refractivity contribution in [3.8, 4) is 0 Å². The van der Waals surface area contributed by atoms with Gasteiger partial charge in [0.25, 0.3) is 11.8 Å². The van der Waals surface area contributed by atoms with Crippen molar-refractivity contribution in [1.29, 1.82) is 0 Å². The van der Waals surface area contributed by atoms with Crippen molar-refractivity contribution in [1.82, 2.24) is 10.2 Å². The predicted molar refractivity (Wildman–Crippen MR) is 109 cm³/mol. The molecule has 2 amide bonds. The molecule has 2 unspecified atom stereocenters. The molecule has 31 heavy (non-hydrogen) atoms. The van der Waals surface area contributed by atoms with Crippen LogP contribution in [0.25, 0.3) is 0 Å². The number of likely N-dealkylation sites (tertiary alicyclic amines) is 1. The van der Waals surface area contributed by atoms with Crippen LogP contribution in [0.5, 0.6) is 0 Å². The summed E-state index contributed by atoms with van der Waals surface area (Å²) in [5.41, 5.74) is 0. The SMILES string of the molecule is O=C(NCCc1cccs1)[C@H](O)[C@@H](O)C(=O)N1CCC[C@@H]1C1CCCC(C(F)(F)F)C1. The summed E-state index contributed by atoms with van der Waals surface area (Å²) in [6.45, 7) is 0.561. The first kappa shape index (κ1) is 24.0. The number of amides is 2. The summed E-state index contributed by atoms with van der Waals surface area (Å²) in [6.07, 6.45) is -5.23. The summed E-state index contributed by atoms with van der Waals surface area (Å²) in [6, 6.07) is 3.39. The lowest BCUT2D eigenvalue weighted by atomic mass is 9.76. The number of rotatable bonds is 7. The quantitative estimate of drug-likeness (QED) is 0.581. The molecule has 3 N–H and O–H groups in total. The summed E-state index contributed by atoms with van der Waals surface area (Å²) in [7, 11) is 0. The number of thiophene rings is 1. The highest BCUT2D eigenvalue weighted by Crippen LogP contribution is 2.43. The van der Waals surface area contributed by atoms with Crippen LogP contribution >= 0.6 is 11.3 Å². The molecule has 1 aromatic heterocycles. The number of hydrogen-bond acceptors (Lipinski definition) is 5. The van der Waals surface area contributed by atoms with Crippen molar-refractivity contribution in [2.75, 3.05) is 13.1 Å². The summed E-state index contributed by atoms with van der Waals surface area (Å²) >= 11 is 1.53. The maximum absolute atomic E-state index is 13.2. The first-order valence-electron chi connectivity index (χ1n) is 10.7. The van der Waals surface area contributed by atoms with Gasteiger partial charge in [-0.15, -0.1) is 11.3 Å². The first-order valence-corrected chi connectivity index (χ1v) is 11.6. The van der Waals surface area contributed by atoms with Gasteiger partial charge in [-0.05, 0) is 55.9 Å². The lowest BCUT2D eigenvalue weighted by Gasteiger charge is -2.38. The van der Waals surface area contributed by atoms with E-state index in [0.717, 1.165) is 4.88 Å². The van der Waals surface area contributed by atoms with Gasteiger partial charge in [0.2, 0.25) is 0 Å². The normalized spacial score (nSPS) is 26.5. The molecule has 0 bridgehead atoms. The largest absolute Gasteiger partial charge is 0.391 e. The van der Waals surface area contributed by atoms with Gasteiger partial charge in [-0.2, -0.15) is 13.2 Å². The molecule has 174 valence electrons. The maximum atomic E-state index is 13.2. The van der Waals surface area contributed by atoms with Crippen molar-refractivity contribution in [3.05, 3.63) is 22.4 Å². The standard InChI is InChI=1S/C21H29F3N2O4S/c22-21(23,24)14-5-1-4-13(12-14)16-7-2-10-26(16)20(30)18(28)17(27)19(29)25-9-8-15-6-3-11-31-15/h3,6,11,13-14,16-18,27-28H,1-2,4-5,7-10,12H2,(H,25,29)/t13?,14?,16-,17-,18-/m1/s1. The Labute approximate surface area is 183 Å². The molecule has 6 nitrogen and oxygen atoms in total. The Morgan fingerprint density at radius 2 is 1.97 bits per heavy atom. The summed E-state index contributed by atoms with van der Waals surface area (Å²) < 4.78 is 39.5. The Hall–Kier alpha value is -1.65. The van der Waals surface area contributed by atoms with Crippen LogP contribution in [0.3, 0.4) is 0 Å².